The number of carbonyl (C=O) groups excluding carboxylic acids is 1. The van der Waals surface area contributed by atoms with Gasteiger partial charge in [-0.05, 0) is 40.4 Å². The molecular formula is C30H33IO3Si. The first kappa shape index (κ1) is 24.7. The van der Waals surface area contributed by atoms with Crippen LogP contribution in [0.1, 0.15) is 44.0 Å². The Balaban J connectivity index is 1.41. The van der Waals surface area contributed by atoms with Crippen molar-refractivity contribution in [1.82, 2.24) is 0 Å². The molecule has 5 heteroatoms. The highest BCUT2D eigenvalue weighted by Crippen LogP contribution is 2.67. The highest BCUT2D eigenvalue weighted by Gasteiger charge is 2.68. The summed E-state index contributed by atoms with van der Waals surface area (Å²) in [6.45, 7) is 7.67. The van der Waals surface area contributed by atoms with E-state index in [9.17, 15) is 4.79 Å². The van der Waals surface area contributed by atoms with Crippen LogP contribution in [0.15, 0.2) is 91.0 Å². The van der Waals surface area contributed by atoms with E-state index in [1.165, 1.54) is 10.4 Å². The lowest BCUT2D eigenvalue weighted by Crippen LogP contribution is -2.67. The Morgan fingerprint density at radius 1 is 0.914 bits per heavy atom. The van der Waals surface area contributed by atoms with E-state index in [1.54, 1.807) is 0 Å². The molecule has 0 aromatic heterocycles. The first-order valence-electron chi connectivity index (χ1n) is 12.4. The van der Waals surface area contributed by atoms with Crippen molar-refractivity contribution in [3.8, 4) is 0 Å². The monoisotopic (exact) mass is 596 g/mol. The van der Waals surface area contributed by atoms with Gasteiger partial charge in [-0.2, -0.15) is 0 Å². The van der Waals surface area contributed by atoms with E-state index in [4.69, 9.17) is 9.16 Å². The number of carbonyl (C=O) groups is 1. The Morgan fingerprint density at radius 2 is 1.43 bits per heavy atom. The first-order chi connectivity index (χ1) is 16.8. The van der Waals surface area contributed by atoms with Gasteiger partial charge >= 0.3 is 5.97 Å². The average Bonchev–Trinajstić information content (AvgIpc) is 3.55. The van der Waals surface area contributed by atoms with Crippen LogP contribution >= 0.6 is 22.6 Å². The summed E-state index contributed by atoms with van der Waals surface area (Å²) in [5.74, 6) is 0.157. The molecule has 2 fully saturated rings. The van der Waals surface area contributed by atoms with E-state index in [0.29, 0.717) is 22.0 Å². The lowest BCUT2D eigenvalue weighted by atomic mass is 10.1. The highest BCUT2D eigenvalue weighted by molar-refractivity contribution is 14.1. The summed E-state index contributed by atoms with van der Waals surface area (Å²) in [6, 6.07) is 31.0. The number of ether oxygens (including phenoxy) is 1. The van der Waals surface area contributed by atoms with Crippen molar-refractivity contribution in [1.29, 1.82) is 0 Å². The Morgan fingerprint density at radius 3 is 1.91 bits per heavy atom. The predicted molar refractivity (Wildman–Crippen MR) is 152 cm³/mol. The van der Waals surface area contributed by atoms with Gasteiger partial charge in [-0.25, -0.2) is 4.79 Å². The van der Waals surface area contributed by atoms with Crippen molar-refractivity contribution in [2.24, 2.45) is 11.3 Å². The molecule has 0 spiro atoms. The normalized spacial score (nSPS) is 25.7. The second-order valence-corrected chi connectivity index (χ2v) is 16.8. The van der Waals surface area contributed by atoms with Crippen LogP contribution < -0.4 is 10.4 Å². The van der Waals surface area contributed by atoms with E-state index >= 15 is 0 Å². The lowest BCUT2D eigenvalue weighted by Gasteiger charge is -2.44. The minimum atomic E-state index is -2.58. The number of benzene rings is 3. The van der Waals surface area contributed by atoms with Gasteiger partial charge in [0, 0.05) is 21.9 Å². The van der Waals surface area contributed by atoms with Crippen molar-refractivity contribution >= 4 is 47.3 Å². The Kier molecular flexibility index (Phi) is 6.70. The fraction of sp³-hybridized carbons (Fsp3) is 0.367. The summed E-state index contributed by atoms with van der Waals surface area (Å²) in [7, 11) is -2.58. The highest BCUT2D eigenvalue weighted by atomic mass is 127. The summed E-state index contributed by atoms with van der Waals surface area (Å²) < 4.78 is 13.8. The lowest BCUT2D eigenvalue weighted by molar-refractivity contribution is 0.0263. The van der Waals surface area contributed by atoms with Crippen LogP contribution in [0.25, 0.3) is 0 Å². The molecule has 182 valence electrons. The standard InChI is InChI=1S/C30H33IO3Si/c1-29(2,3)35(23-15-9-5-10-16-23,24-17-11-6-12-18-24)33-21-30-20-25(30)26(19-27(30)31)34-28(32)22-13-7-4-8-14-22/h4-18,25-27H,19-21H2,1-3H3/t25-,26-,27+,30+/m1/s1. The van der Waals surface area contributed by atoms with Crippen molar-refractivity contribution in [3.63, 3.8) is 0 Å². The molecule has 2 aliphatic rings. The van der Waals surface area contributed by atoms with E-state index < -0.39 is 8.32 Å². The number of hydrogen-bond acceptors (Lipinski definition) is 3. The van der Waals surface area contributed by atoms with Crippen LogP contribution in [0.4, 0.5) is 0 Å². The molecule has 2 saturated carbocycles. The van der Waals surface area contributed by atoms with E-state index in [1.807, 2.05) is 30.3 Å². The second-order valence-electron chi connectivity index (χ2n) is 11.0. The molecule has 0 amide bonds. The number of hydrogen-bond donors (Lipinski definition) is 0. The van der Waals surface area contributed by atoms with Crippen LogP contribution in [-0.4, -0.2) is 30.9 Å². The minimum absolute atomic E-state index is 0.0349. The molecule has 3 aromatic rings. The zero-order chi connectivity index (χ0) is 24.7. The van der Waals surface area contributed by atoms with Gasteiger partial charge < -0.3 is 9.16 Å². The zero-order valence-corrected chi connectivity index (χ0v) is 23.8. The third-order valence-electron chi connectivity index (χ3n) is 7.93. The minimum Gasteiger partial charge on any atom is -0.458 e. The molecule has 0 saturated heterocycles. The van der Waals surface area contributed by atoms with Gasteiger partial charge in [-0.1, -0.05) is 122 Å². The summed E-state index contributed by atoms with van der Waals surface area (Å²) in [6.07, 6.45) is 1.92. The van der Waals surface area contributed by atoms with E-state index in [-0.39, 0.29) is 22.5 Å². The molecule has 0 bridgehead atoms. The number of esters is 1. The SMILES string of the molecule is CC(C)(C)[Si](OC[C@@]12C[C@@H]1[C@H](OC(=O)c1ccccc1)C[C@@H]2I)(c1ccccc1)c1ccccc1. The summed E-state index contributed by atoms with van der Waals surface area (Å²) in [4.78, 5) is 12.7. The van der Waals surface area contributed by atoms with Gasteiger partial charge in [-0.3, -0.25) is 0 Å². The van der Waals surface area contributed by atoms with Gasteiger partial charge in [0.1, 0.15) is 6.10 Å². The Labute approximate surface area is 223 Å². The topological polar surface area (TPSA) is 35.5 Å². The van der Waals surface area contributed by atoms with Crippen molar-refractivity contribution in [2.75, 3.05) is 6.61 Å². The Bertz CT molecular complexity index is 1120. The number of rotatable bonds is 7. The van der Waals surface area contributed by atoms with Crippen molar-refractivity contribution < 1.29 is 14.0 Å². The van der Waals surface area contributed by atoms with Crippen LogP contribution in [0.2, 0.25) is 5.04 Å². The van der Waals surface area contributed by atoms with Crippen LogP contribution in [0.3, 0.4) is 0 Å². The van der Waals surface area contributed by atoms with Crippen LogP contribution in [-0.2, 0) is 9.16 Å². The summed E-state index contributed by atoms with van der Waals surface area (Å²) in [5, 5.41) is 2.57. The maximum Gasteiger partial charge on any atom is 0.338 e. The van der Waals surface area contributed by atoms with Gasteiger partial charge in [0.15, 0.2) is 0 Å². The summed E-state index contributed by atoms with van der Waals surface area (Å²) >= 11 is 2.58. The maximum atomic E-state index is 12.7. The molecule has 2 aliphatic carbocycles. The fourth-order valence-corrected chi connectivity index (χ4v) is 12.0. The molecule has 0 unspecified atom stereocenters. The predicted octanol–water partition coefficient (Wildman–Crippen LogP) is 6.00. The smallest absolute Gasteiger partial charge is 0.338 e. The van der Waals surface area contributed by atoms with Gasteiger partial charge in [0.05, 0.1) is 5.56 Å². The van der Waals surface area contributed by atoms with E-state index in [2.05, 4.69) is 104 Å². The fourth-order valence-electron chi connectivity index (χ4n) is 5.99. The quantitative estimate of drug-likeness (QED) is 0.145. The molecule has 0 N–H and O–H groups in total. The molecule has 4 atom stereocenters. The average molecular weight is 597 g/mol. The molecule has 5 rings (SSSR count). The zero-order valence-electron chi connectivity index (χ0n) is 20.6. The molecule has 0 heterocycles. The number of halogens is 1. The van der Waals surface area contributed by atoms with Crippen LogP contribution in [0.5, 0.6) is 0 Å². The molecule has 0 aliphatic heterocycles. The van der Waals surface area contributed by atoms with Gasteiger partial charge in [0.2, 0.25) is 0 Å². The van der Waals surface area contributed by atoms with Crippen LogP contribution in [0, 0.1) is 11.3 Å². The molecule has 0 radical (unpaired) electrons. The van der Waals surface area contributed by atoms with Gasteiger partial charge in [0.25, 0.3) is 8.32 Å². The Hall–Kier alpha value is -1.96. The second kappa shape index (κ2) is 9.49. The third-order valence-corrected chi connectivity index (χ3v) is 14.7. The molecular weight excluding hydrogens is 563 g/mol. The van der Waals surface area contributed by atoms with Gasteiger partial charge in [-0.15, -0.1) is 0 Å². The van der Waals surface area contributed by atoms with Crippen molar-refractivity contribution in [3.05, 3.63) is 96.6 Å². The summed E-state index contributed by atoms with van der Waals surface area (Å²) in [5.41, 5.74) is 0.703. The molecule has 3 aromatic carbocycles. The molecule has 3 nitrogen and oxygen atoms in total. The maximum absolute atomic E-state index is 12.7. The largest absolute Gasteiger partial charge is 0.458 e. The number of alkyl halides is 1. The van der Waals surface area contributed by atoms with Crippen molar-refractivity contribution in [2.45, 2.75) is 48.7 Å². The number of fused-ring (bicyclic) bond motifs is 1. The molecule has 35 heavy (non-hydrogen) atoms. The first-order valence-corrected chi connectivity index (χ1v) is 15.6. The van der Waals surface area contributed by atoms with E-state index in [0.717, 1.165) is 12.8 Å². The third kappa shape index (κ3) is 4.40.